The quantitative estimate of drug-likeness (QED) is 0.811. The zero-order valence-electron chi connectivity index (χ0n) is 15.1. The summed E-state index contributed by atoms with van der Waals surface area (Å²) in [6.45, 7) is 4.80. The smallest absolute Gasteiger partial charge is 0.241 e. The molecule has 1 fully saturated rings. The minimum atomic E-state index is -0.226. The van der Waals surface area contributed by atoms with Crippen LogP contribution in [0.3, 0.4) is 0 Å². The lowest BCUT2D eigenvalue weighted by atomic mass is 10.2. The summed E-state index contributed by atoms with van der Waals surface area (Å²) in [5.41, 5.74) is 1.46. The average molecular weight is 373 g/mol. The Labute approximate surface area is 158 Å². The average Bonchev–Trinajstić information content (AvgIpc) is 2.68. The fraction of sp³-hybridized carbons (Fsp3) is 0.350. The highest BCUT2D eigenvalue weighted by molar-refractivity contribution is 7.98. The van der Waals surface area contributed by atoms with Crippen molar-refractivity contribution in [3.05, 3.63) is 54.3 Å². The first-order chi connectivity index (χ1) is 12.6. The molecule has 1 N–H and O–H groups in total. The van der Waals surface area contributed by atoms with Gasteiger partial charge in [-0.15, -0.1) is 11.8 Å². The van der Waals surface area contributed by atoms with Gasteiger partial charge >= 0.3 is 0 Å². The van der Waals surface area contributed by atoms with Crippen LogP contribution in [0.25, 0.3) is 0 Å². The Hall–Kier alpha value is -2.05. The van der Waals surface area contributed by atoms with Crippen LogP contribution in [-0.2, 0) is 4.79 Å². The van der Waals surface area contributed by atoms with E-state index in [2.05, 4.69) is 10.2 Å². The molecule has 0 spiro atoms. The van der Waals surface area contributed by atoms with E-state index in [-0.39, 0.29) is 17.8 Å². The van der Waals surface area contributed by atoms with Crippen molar-refractivity contribution < 1.29 is 9.18 Å². The highest BCUT2D eigenvalue weighted by atomic mass is 32.2. The summed E-state index contributed by atoms with van der Waals surface area (Å²) in [7, 11) is 0. The number of benzene rings is 2. The standard InChI is InChI=1S/C20H24FN3OS/c1-15(20(25)22-16-6-5-7-17(14-16)26-2)23-10-12-24(13-11-23)19-9-4-3-8-18(19)21/h3-9,14-15H,10-13H2,1-2H3,(H,22,25)/t15-/m1/s1. The lowest BCUT2D eigenvalue weighted by molar-refractivity contribution is -0.120. The lowest BCUT2D eigenvalue weighted by Crippen LogP contribution is -2.53. The summed E-state index contributed by atoms with van der Waals surface area (Å²) in [5.74, 6) is -0.206. The Balaban J connectivity index is 1.56. The number of piperazine rings is 1. The van der Waals surface area contributed by atoms with Crippen molar-refractivity contribution in [3.8, 4) is 0 Å². The van der Waals surface area contributed by atoms with Gasteiger partial charge in [0.25, 0.3) is 0 Å². The van der Waals surface area contributed by atoms with Crippen molar-refractivity contribution in [3.63, 3.8) is 0 Å². The molecule has 2 aromatic carbocycles. The molecule has 0 unspecified atom stereocenters. The first-order valence-electron chi connectivity index (χ1n) is 8.77. The predicted octanol–water partition coefficient (Wildman–Crippen LogP) is 3.70. The van der Waals surface area contributed by atoms with Crippen molar-refractivity contribution in [2.45, 2.75) is 17.9 Å². The van der Waals surface area contributed by atoms with Gasteiger partial charge in [-0.2, -0.15) is 0 Å². The topological polar surface area (TPSA) is 35.6 Å². The molecule has 2 aromatic rings. The highest BCUT2D eigenvalue weighted by Gasteiger charge is 2.26. The number of carbonyl (C=O) groups is 1. The normalized spacial score (nSPS) is 16.3. The van der Waals surface area contributed by atoms with Crippen molar-refractivity contribution in [1.29, 1.82) is 0 Å². The van der Waals surface area contributed by atoms with Crippen LogP contribution in [0.5, 0.6) is 0 Å². The molecule has 4 nitrogen and oxygen atoms in total. The summed E-state index contributed by atoms with van der Waals surface area (Å²) in [5, 5.41) is 3.00. The largest absolute Gasteiger partial charge is 0.367 e. The van der Waals surface area contributed by atoms with Gasteiger partial charge in [-0.1, -0.05) is 18.2 Å². The third kappa shape index (κ3) is 4.37. The molecular weight excluding hydrogens is 349 g/mol. The maximum Gasteiger partial charge on any atom is 0.241 e. The zero-order chi connectivity index (χ0) is 18.5. The van der Waals surface area contributed by atoms with Gasteiger partial charge in [0.05, 0.1) is 11.7 Å². The van der Waals surface area contributed by atoms with E-state index in [0.29, 0.717) is 18.8 Å². The molecule has 0 aliphatic carbocycles. The van der Waals surface area contributed by atoms with Gasteiger partial charge < -0.3 is 10.2 Å². The van der Waals surface area contributed by atoms with Crippen LogP contribution >= 0.6 is 11.8 Å². The SMILES string of the molecule is CSc1cccc(NC(=O)[C@@H](C)N2CCN(c3ccccc3F)CC2)c1. The summed E-state index contributed by atoms with van der Waals surface area (Å²) in [4.78, 5) is 17.9. The molecular formula is C20H24FN3OS. The van der Waals surface area contributed by atoms with Crippen molar-refractivity contribution in [2.24, 2.45) is 0 Å². The van der Waals surface area contributed by atoms with Gasteiger partial charge in [0, 0.05) is 36.8 Å². The van der Waals surface area contributed by atoms with Crippen molar-refractivity contribution >= 4 is 29.0 Å². The molecule has 0 saturated carbocycles. The van der Waals surface area contributed by atoms with E-state index < -0.39 is 0 Å². The maximum absolute atomic E-state index is 13.9. The van der Waals surface area contributed by atoms with E-state index in [1.165, 1.54) is 6.07 Å². The first-order valence-corrected chi connectivity index (χ1v) is 9.99. The summed E-state index contributed by atoms with van der Waals surface area (Å²) in [6.07, 6.45) is 2.01. The van der Waals surface area contributed by atoms with Gasteiger partial charge in [0.2, 0.25) is 5.91 Å². The van der Waals surface area contributed by atoms with Crippen LogP contribution in [0.15, 0.2) is 53.4 Å². The first kappa shape index (κ1) is 18.7. The molecule has 138 valence electrons. The number of rotatable bonds is 5. The molecule has 0 radical (unpaired) electrons. The zero-order valence-corrected chi connectivity index (χ0v) is 15.9. The number of amides is 1. The molecule has 0 aromatic heterocycles. The number of nitrogens with zero attached hydrogens (tertiary/aromatic N) is 2. The maximum atomic E-state index is 13.9. The molecule has 6 heteroatoms. The van der Waals surface area contributed by atoms with Crippen molar-refractivity contribution in [1.82, 2.24) is 4.90 Å². The number of para-hydroxylation sites is 1. The lowest BCUT2D eigenvalue weighted by Gasteiger charge is -2.38. The van der Waals surface area contributed by atoms with E-state index in [0.717, 1.165) is 23.7 Å². The van der Waals surface area contributed by atoms with E-state index >= 15 is 0 Å². The molecule has 1 heterocycles. The Morgan fingerprint density at radius 2 is 1.85 bits per heavy atom. The van der Waals surface area contributed by atoms with Gasteiger partial charge in [-0.3, -0.25) is 9.69 Å². The predicted molar refractivity (Wildman–Crippen MR) is 107 cm³/mol. The molecule has 0 bridgehead atoms. The molecule has 1 amide bonds. The van der Waals surface area contributed by atoms with E-state index in [1.54, 1.807) is 23.9 Å². The second kappa shape index (κ2) is 8.56. The second-order valence-corrected chi connectivity index (χ2v) is 7.25. The molecule has 1 atom stereocenters. The number of anilines is 2. The van der Waals surface area contributed by atoms with Gasteiger partial charge in [-0.05, 0) is 43.5 Å². The fourth-order valence-electron chi connectivity index (χ4n) is 3.17. The number of thioether (sulfide) groups is 1. The molecule has 1 saturated heterocycles. The van der Waals surface area contributed by atoms with Crippen LogP contribution in [0.4, 0.5) is 15.8 Å². The number of nitrogens with one attached hydrogen (secondary N) is 1. The van der Waals surface area contributed by atoms with Crippen LogP contribution in [0.2, 0.25) is 0 Å². The second-order valence-electron chi connectivity index (χ2n) is 6.37. The Kier molecular flexibility index (Phi) is 6.16. The molecule has 26 heavy (non-hydrogen) atoms. The summed E-state index contributed by atoms with van der Waals surface area (Å²) >= 11 is 1.65. The highest BCUT2D eigenvalue weighted by Crippen LogP contribution is 2.22. The van der Waals surface area contributed by atoms with E-state index in [1.807, 2.05) is 48.4 Å². The van der Waals surface area contributed by atoms with Crippen LogP contribution in [0, 0.1) is 5.82 Å². The van der Waals surface area contributed by atoms with Crippen molar-refractivity contribution in [2.75, 3.05) is 42.7 Å². The van der Waals surface area contributed by atoms with Gasteiger partial charge in [0.15, 0.2) is 0 Å². The Morgan fingerprint density at radius 1 is 1.12 bits per heavy atom. The monoisotopic (exact) mass is 373 g/mol. The van der Waals surface area contributed by atoms with E-state index in [4.69, 9.17) is 0 Å². The van der Waals surface area contributed by atoms with Crippen LogP contribution < -0.4 is 10.2 Å². The summed E-state index contributed by atoms with van der Waals surface area (Å²) < 4.78 is 13.9. The molecule has 3 rings (SSSR count). The van der Waals surface area contributed by atoms with Gasteiger partial charge in [-0.25, -0.2) is 4.39 Å². The number of halogens is 1. The van der Waals surface area contributed by atoms with Crippen LogP contribution in [-0.4, -0.2) is 49.3 Å². The third-order valence-electron chi connectivity index (χ3n) is 4.77. The van der Waals surface area contributed by atoms with Crippen LogP contribution in [0.1, 0.15) is 6.92 Å². The minimum absolute atomic E-state index is 0.0115. The third-order valence-corrected chi connectivity index (χ3v) is 5.50. The Bertz CT molecular complexity index is 762. The number of hydrogen-bond acceptors (Lipinski definition) is 4. The molecule has 1 aliphatic rings. The Morgan fingerprint density at radius 3 is 2.54 bits per heavy atom. The number of hydrogen-bond donors (Lipinski definition) is 1. The fourth-order valence-corrected chi connectivity index (χ4v) is 3.63. The minimum Gasteiger partial charge on any atom is -0.367 e. The molecule has 1 aliphatic heterocycles. The van der Waals surface area contributed by atoms with Gasteiger partial charge in [0.1, 0.15) is 5.82 Å². The number of carbonyl (C=O) groups excluding carboxylic acids is 1. The van der Waals surface area contributed by atoms with E-state index in [9.17, 15) is 9.18 Å². The summed E-state index contributed by atoms with van der Waals surface area (Å²) in [6, 6.07) is 14.5.